The van der Waals surface area contributed by atoms with E-state index in [9.17, 15) is 0 Å². The van der Waals surface area contributed by atoms with E-state index in [1.807, 2.05) is 13.8 Å². The van der Waals surface area contributed by atoms with Crippen LogP contribution >= 0.6 is 0 Å². The van der Waals surface area contributed by atoms with Crippen LogP contribution in [0, 0.1) is 37.1 Å². The molecule has 0 unspecified atom stereocenters. The summed E-state index contributed by atoms with van der Waals surface area (Å²) in [5, 5.41) is 21.0. The second-order valence-corrected chi connectivity index (χ2v) is 0. The van der Waals surface area contributed by atoms with Gasteiger partial charge in [-0.25, -0.2) is 0 Å². The summed E-state index contributed by atoms with van der Waals surface area (Å²) in [7, 11) is 3.00. The van der Waals surface area contributed by atoms with Gasteiger partial charge in [-0.15, -0.1) is 0 Å². The molecule has 0 aromatic heterocycles. The van der Waals surface area contributed by atoms with Crippen LogP contribution in [0.25, 0.3) is 0 Å². The van der Waals surface area contributed by atoms with Crippen molar-refractivity contribution in [1.29, 1.82) is 0 Å². The van der Waals surface area contributed by atoms with E-state index in [2.05, 4.69) is 0 Å². The number of aliphatic hydroxyl groups excluding tert-OH is 3. The van der Waals surface area contributed by atoms with E-state index in [-0.39, 0.29) is 168 Å². The Balaban J connectivity index is -0.000000000970. The third kappa shape index (κ3) is 368. The van der Waals surface area contributed by atoms with Crippen LogP contribution in [0.1, 0.15) is 13.8 Å². The van der Waals surface area contributed by atoms with Gasteiger partial charge in [-0.3, -0.25) is 0 Å². The van der Waals surface area contributed by atoms with Gasteiger partial charge in [-0.2, -0.15) is 0 Å². The molecule has 3 nitrogen and oxygen atoms in total. The zero-order chi connectivity index (χ0) is 8.00. The molecule has 0 aromatic carbocycles. The van der Waals surface area contributed by atoms with Gasteiger partial charge >= 0.3 is 0 Å². The van der Waals surface area contributed by atoms with Crippen LogP contribution in [-0.4, -0.2) is 36.6 Å². The molecular weight excluding hydrogens is 524 g/mol. The first kappa shape index (κ1) is 127. The van der Waals surface area contributed by atoms with Crippen molar-refractivity contribution in [3.8, 4) is 0 Å². The fourth-order valence-electron chi connectivity index (χ4n) is 0. The Labute approximate surface area is 214 Å². The maximum Gasteiger partial charge on any atom is 0.0319 e. The minimum atomic E-state index is 0. The number of aliphatic hydroxyl groups is 3. The van der Waals surface area contributed by atoms with Crippen molar-refractivity contribution in [2.75, 3.05) is 21.3 Å². The summed E-state index contributed by atoms with van der Waals surface area (Å²) in [6.07, 6.45) is 0. The van der Waals surface area contributed by atoms with Gasteiger partial charge in [0.2, 0.25) is 0 Å². The smallest absolute Gasteiger partial charge is 0.0319 e. The summed E-state index contributed by atoms with van der Waals surface area (Å²) in [6, 6.07) is 0. The van der Waals surface area contributed by atoms with E-state index in [1.165, 1.54) is 0 Å². The van der Waals surface area contributed by atoms with Crippen molar-refractivity contribution >= 4 is 0 Å². The third-order valence-electron chi connectivity index (χ3n) is 0. The largest absolute Gasteiger partial charge is 0.400 e. The maximum absolute atomic E-state index is 7.00. The van der Waals surface area contributed by atoms with E-state index in [4.69, 9.17) is 15.3 Å². The van der Waals surface area contributed by atoms with Gasteiger partial charge in [0.1, 0.15) is 0 Å². The van der Waals surface area contributed by atoms with Crippen LogP contribution < -0.4 is 0 Å². The molecule has 0 aromatic rings. The van der Waals surface area contributed by atoms with Crippen molar-refractivity contribution in [3.63, 3.8) is 0 Å². The standard InChI is InChI=1S/C2H6.3CH4O.5CH3.4Y/c4*1-2;;;;;;;;;/h1-2H3;3*2H,1H3;5*1H3;;;;/q;;;;5*-1;;;;. The molecule has 0 heterocycles. The van der Waals surface area contributed by atoms with Crippen molar-refractivity contribution < 1.29 is 146 Å². The first-order valence-electron chi connectivity index (χ1n) is 2.34. The molecule has 4 radical (unpaired) electrons. The van der Waals surface area contributed by atoms with Gasteiger partial charge in [-0.05, 0) is 0 Å². The molecule has 0 spiro atoms. The van der Waals surface area contributed by atoms with Crippen molar-refractivity contribution in [2.45, 2.75) is 13.8 Å². The van der Waals surface area contributed by atoms with Gasteiger partial charge < -0.3 is 52.5 Å². The Hall–Kier alpha value is 4.30. The monoisotopic (exact) mass is 557 g/mol. The summed E-state index contributed by atoms with van der Waals surface area (Å²) < 4.78 is 0. The molecule has 17 heavy (non-hydrogen) atoms. The zero-order valence-corrected chi connectivity index (χ0v) is 25.0. The molecule has 0 saturated carbocycles. The van der Waals surface area contributed by atoms with Gasteiger partial charge in [0.25, 0.3) is 0 Å². The molecule has 0 aliphatic heterocycles. The number of rotatable bonds is 0. The van der Waals surface area contributed by atoms with Gasteiger partial charge in [0.15, 0.2) is 0 Å². The van der Waals surface area contributed by atoms with Crippen molar-refractivity contribution in [2.24, 2.45) is 0 Å². The minimum absolute atomic E-state index is 0. The Morgan fingerprint density at radius 3 is 0.353 bits per heavy atom. The molecular formula is C10H33O3Y4-5. The summed E-state index contributed by atoms with van der Waals surface area (Å²) in [5.74, 6) is 0. The average Bonchev–Trinajstić information content (AvgIpc) is 2.03. The molecule has 0 aliphatic carbocycles. The zero-order valence-electron chi connectivity index (χ0n) is 13.7. The van der Waals surface area contributed by atoms with Crippen LogP contribution in [-0.2, 0) is 131 Å². The van der Waals surface area contributed by atoms with Gasteiger partial charge in [0, 0.05) is 152 Å². The number of hydrogen-bond acceptors (Lipinski definition) is 3. The topological polar surface area (TPSA) is 60.7 Å². The maximum atomic E-state index is 7.00. The quantitative estimate of drug-likeness (QED) is 0.401. The SMILES string of the molecule is CC.CO.CO.CO.[CH3-].[CH3-].[CH3-].[CH3-].[CH3-].[Y].[Y].[Y].[Y]. The summed E-state index contributed by atoms with van der Waals surface area (Å²) in [5.41, 5.74) is 0. The first-order valence-corrected chi connectivity index (χ1v) is 2.34. The second kappa shape index (κ2) is 410. The Kier molecular flexibility index (Phi) is 3070. The summed E-state index contributed by atoms with van der Waals surface area (Å²) >= 11 is 0. The fraction of sp³-hybridized carbons (Fsp3) is 0.500. The molecule has 0 atom stereocenters. The molecule has 0 saturated heterocycles. The van der Waals surface area contributed by atoms with Crippen LogP contribution in [0.3, 0.4) is 0 Å². The van der Waals surface area contributed by atoms with Crippen LogP contribution in [0.4, 0.5) is 0 Å². The molecule has 108 valence electrons. The average molecular weight is 557 g/mol. The summed E-state index contributed by atoms with van der Waals surface area (Å²) in [4.78, 5) is 0. The van der Waals surface area contributed by atoms with E-state index < -0.39 is 0 Å². The van der Waals surface area contributed by atoms with E-state index in [0.717, 1.165) is 21.3 Å². The minimum Gasteiger partial charge on any atom is -0.400 e. The number of hydrogen-bond donors (Lipinski definition) is 3. The second-order valence-electron chi connectivity index (χ2n) is 0. The predicted octanol–water partition coefficient (Wildman–Crippen LogP) is 2.09. The van der Waals surface area contributed by atoms with E-state index >= 15 is 0 Å². The Morgan fingerprint density at radius 2 is 0.353 bits per heavy atom. The predicted molar refractivity (Wildman–Crippen MR) is 67.8 cm³/mol. The molecule has 0 fully saturated rings. The van der Waals surface area contributed by atoms with E-state index in [0.29, 0.717) is 0 Å². The van der Waals surface area contributed by atoms with Gasteiger partial charge in [-0.1, -0.05) is 13.8 Å². The molecule has 0 amide bonds. The normalized spacial score (nSPS) is 1.41. The van der Waals surface area contributed by atoms with Crippen LogP contribution in [0.15, 0.2) is 0 Å². The molecule has 7 heteroatoms. The van der Waals surface area contributed by atoms with Crippen LogP contribution in [0.2, 0.25) is 0 Å². The molecule has 0 aliphatic rings. The van der Waals surface area contributed by atoms with Gasteiger partial charge in [0.05, 0.1) is 0 Å². The summed E-state index contributed by atoms with van der Waals surface area (Å²) in [6.45, 7) is 4.00. The molecule has 0 rings (SSSR count). The molecule has 0 bridgehead atoms. The fourth-order valence-corrected chi connectivity index (χ4v) is 0. The third-order valence-corrected chi connectivity index (χ3v) is 0. The molecule has 3 N–H and O–H groups in total. The van der Waals surface area contributed by atoms with Crippen molar-refractivity contribution in [1.82, 2.24) is 0 Å². The van der Waals surface area contributed by atoms with Crippen molar-refractivity contribution in [3.05, 3.63) is 37.1 Å². The van der Waals surface area contributed by atoms with E-state index in [1.54, 1.807) is 0 Å². The van der Waals surface area contributed by atoms with Crippen LogP contribution in [0.5, 0.6) is 0 Å². The first-order chi connectivity index (χ1) is 4.00. The Bertz CT molecular complexity index is 23.5. The Morgan fingerprint density at radius 1 is 0.353 bits per heavy atom.